The van der Waals surface area contributed by atoms with Gasteiger partial charge in [0.05, 0.1) is 23.0 Å². The van der Waals surface area contributed by atoms with E-state index in [0.29, 0.717) is 25.7 Å². The van der Waals surface area contributed by atoms with Crippen LogP contribution in [-0.2, 0) is 9.59 Å². The number of fused-ring (bicyclic) bond motifs is 1. The van der Waals surface area contributed by atoms with Crippen molar-refractivity contribution in [2.75, 3.05) is 0 Å². The van der Waals surface area contributed by atoms with Crippen LogP contribution >= 0.6 is 23.4 Å². The Morgan fingerprint density at radius 3 is 2.71 bits per heavy atom. The first-order valence-electron chi connectivity index (χ1n) is 12.0. The zero-order valence-electron chi connectivity index (χ0n) is 19.8. The molecule has 34 heavy (non-hydrogen) atoms. The number of halogens is 1. The van der Waals surface area contributed by atoms with Gasteiger partial charge in [-0.2, -0.15) is 0 Å². The van der Waals surface area contributed by atoms with Crippen molar-refractivity contribution in [1.29, 1.82) is 0 Å². The monoisotopic (exact) mass is 506 g/mol. The molecule has 1 aromatic carbocycles. The van der Waals surface area contributed by atoms with Crippen molar-refractivity contribution in [2.24, 2.45) is 17.3 Å². The maximum Gasteiger partial charge on any atom is 0.303 e. The summed E-state index contributed by atoms with van der Waals surface area (Å²) in [5, 5.41) is 30.3. The van der Waals surface area contributed by atoms with Crippen molar-refractivity contribution >= 4 is 35.1 Å². The highest BCUT2D eigenvalue weighted by atomic mass is 35.5. The number of thioether (sulfide) groups is 1. The molecule has 186 valence electrons. The van der Waals surface area contributed by atoms with E-state index in [4.69, 9.17) is 16.7 Å². The van der Waals surface area contributed by atoms with Crippen molar-refractivity contribution in [1.82, 2.24) is 0 Å². The number of aliphatic hydroxyl groups excluding tert-OH is 2. The lowest BCUT2D eigenvalue weighted by Gasteiger charge is -2.22. The summed E-state index contributed by atoms with van der Waals surface area (Å²) in [7, 11) is 0. The van der Waals surface area contributed by atoms with Crippen LogP contribution in [0.4, 0.5) is 0 Å². The quantitative estimate of drug-likeness (QED) is 0.207. The van der Waals surface area contributed by atoms with Gasteiger partial charge in [0, 0.05) is 28.4 Å². The van der Waals surface area contributed by atoms with E-state index in [1.807, 2.05) is 24.3 Å². The van der Waals surface area contributed by atoms with Gasteiger partial charge in [-0.15, -0.1) is 23.4 Å². The van der Waals surface area contributed by atoms with Gasteiger partial charge in [-0.1, -0.05) is 56.4 Å². The molecule has 1 aliphatic heterocycles. The van der Waals surface area contributed by atoms with Gasteiger partial charge in [0.1, 0.15) is 5.78 Å². The summed E-state index contributed by atoms with van der Waals surface area (Å²) in [6, 6.07) is 8.13. The van der Waals surface area contributed by atoms with Gasteiger partial charge in [-0.3, -0.25) is 9.59 Å². The number of aliphatic hydroxyl groups is 2. The van der Waals surface area contributed by atoms with Crippen molar-refractivity contribution in [3.8, 4) is 0 Å². The number of hydrogen-bond acceptors (Lipinski definition) is 5. The second-order valence-corrected chi connectivity index (χ2v) is 11.6. The van der Waals surface area contributed by atoms with Crippen LogP contribution in [0.2, 0.25) is 0 Å². The molecule has 2 aliphatic rings. The lowest BCUT2D eigenvalue weighted by atomic mass is 9.86. The van der Waals surface area contributed by atoms with Crippen LogP contribution in [0.5, 0.6) is 0 Å². The first-order chi connectivity index (χ1) is 16.1. The van der Waals surface area contributed by atoms with Gasteiger partial charge < -0.3 is 15.3 Å². The largest absolute Gasteiger partial charge is 0.481 e. The lowest BCUT2D eigenvalue weighted by Crippen LogP contribution is -2.31. The molecule has 1 heterocycles. The van der Waals surface area contributed by atoms with Gasteiger partial charge >= 0.3 is 5.97 Å². The number of unbranched alkanes of at least 4 members (excludes halogenated alkanes) is 1. The van der Waals surface area contributed by atoms with Gasteiger partial charge in [0.25, 0.3) is 0 Å². The fraction of sp³-hybridized carbons (Fsp3) is 0.556. The number of hydrogen-bond donors (Lipinski definition) is 3. The van der Waals surface area contributed by atoms with Crippen molar-refractivity contribution in [3.63, 3.8) is 0 Å². The van der Waals surface area contributed by atoms with Crippen molar-refractivity contribution in [2.45, 2.75) is 80.1 Å². The van der Waals surface area contributed by atoms with Gasteiger partial charge in [-0.25, -0.2) is 0 Å². The predicted molar refractivity (Wildman–Crippen MR) is 136 cm³/mol. The summed E-state index contributed by atoms with van der Waals surface area (Å²) in [5.74, 6) is -1.53. The molecule has 1 aromatic rings. The molecule has 0 saturated heterocycles. The Morgan fingerprint density at radius 2 is 2.00 bits per heavy atom. The average molecular weight is 507 g/mol. The Hall–Kier alpha value is -1.60. The zero-order valence-corrected chi connectivity index (χ0v) is 21.3. The molecule has 0 aromatic heterocycles. The average Bonchev–Trinajstić information content (AvgIpc) is 3.20. The summed E-state index contributed by atoms with van der Waals surface area (Å²) >= 11 is 8.38. The minimum atomic E-state index is -0.847. The number of allylic oxidation sites excluding steroid dienone is 2. The number of Topliss-reactive ketones (excluding diaryl/α,β-unsaturated/α-hetero) is 1. The zero-order chi connectivity index (χ0) is 24.9. The third-order valence-electron chi connectivity index (χ3n) is 6.98. The SMILES string of the molecule is CC1(C)C(=O)[C@H](C/C=C\CCCC(=O)O)[C@@H](/C=C/[C@H](O)CCC2Sc3ccccc3C2Cl)[C@@H]1O. The Balaban J connectivity index is 1.55. The Bertz CT molecular complexity index is 927. The van der Waals surface area contributed by atoms with E-state index in [1.54, 1.807) is 37.8 Å². The molecule has 0 spiro atoms. The smallest absolute Gasteiger partial charge is 0.303 e. The van der Waals surface area contributed by atoms with Crippen LogP contribution in [-0.4, -0.2) is 44.5 Å². The number of carboxylic acids is 1. The number of aliphatic carboxylic acids is 1. The molecule has 3 N–H and O–H groups in total. The number of alkyl halides is 1. The summed E-state index contributed by atoms with van der Waals surface area (Å²) in [4.78, 5) is 24.8. The van der Waals surface area contributed by atoms with E-state index in [2.05, 4.69) is 12.1 Å². The van der Waals surface area contributed by atoms with E-state index in [9.17, 15) is 19.8 Å². The fourth-order valence-electron chi connectivity index (χ4n) is 4.87. The van der Waals surface area contributed by atoms with Crippen LogP contribution in [0.1, 0.15) is 63.3 Å². The fourth-order valence-corrected chi connectivity index (χ4v) is 6.74. The standard InChI is InChI=1S/C27H35ClO5S/c1-27(2)25(32)18(9-5-3-4-6-12-23(30)31)19(26(27)33)15-13-17(29)14-16-22-24(28)20-10-7-8-11-21(20)34-22/h3,5,7-8,10-11,13,15,17-19,22,24,26,29,33H,4,6,9,12,14,16H2,1-2H3,(H,30,31)/b5-3-,15-13+/t17-,18+,19+,22?,24?,26-/m0/s1. The van der Waals surface area contributed by atoms with Crippen LogP contribution in [0.15, 0.2) is 53.5 Å². The molecule has 0 amide bonds. The van der Waals surface area contributed by atoms with Crippen molar-refractivity contribution in [3.05, 3.63) is 54.1 Å². The second kappa shape index (κ2) is 11.9. The third kappa shape index (κ3) is 6.34. The number of carbonyl (C=O) groups is 2. The molecular formula is C27H35ClO5S. The first-order valence-corrected chi connectivity index (χ1v) is 13.3. The molecule has 1 aliphatic carbocycles. The van der Waals surface area contributed by atoms with Crippen LogP contribution in [0, 0.1) is 17.3 Å². The third-order valence-corrected chi connectivity index (χ3v) is 9.11. The Morgan fingerprint density at radius 1 is 1.26 bits per heavy atom. The summed E-state index contributed by atoms with van der Waals surface area (Å²) < 4.78 is 0. The highest BCUT2D eigenvalue weighted by Crippen LogP contribution is 2.49. The molecule has 1 fully saturated rings. The molecule has 3 rings (SSSR count). The maximum absolute atomic E-state index is 13.0. The van der Waals surface area contributed by atoms with Gasteiger partial charge in [-0.05, 0) is 43.7 Å². The van der Waals surface area contributed by atoms with E-state index in [0.717, 1.165) is 12.0 Å². The minimum Gasteiger partial charge on any atom is -0.481 e. The van der Waals surface area contributed by atoms with Gasteiger partial charge in [0.15, 0.2) is 0 Å². The summed E-state index contributed by atoms with van der Waals surface area (Å²) in [6.07, 6.45) is 8.97. The summed E-state index contributed by atoms with van der Waals surface area (Å²) in [5.41, 5.74) is 0.303. The summed E-state index contributed by atoms with van der Waals surface area (Å²) in [6.45, 7) is 3.53. The predicted octanol–water partition coefficient (Wildman–Crippen LogP) is 5.54. The molecule has 6 atom stereocenters. The van der Waals surface area contributed by atoms with E-state index in [-0.39, 0.29) is 34.7 Å². The molecular weight excluding hydrogens is 472 g/mol. The number of rotatable bonds is 11. The number of ketones is 1. The van der Waals surface area contributed by atoms with Crippen LogP contribution in [0.25, 0.3) is 0 Å². The highest BCUT2D eigenvalue weighted by Gasteiger charge is 2.52. The number of carbonyl (C=O) groups excluding carboxylic acids is 1. The Labute approximate surface area is 211 Å². The first kappa shape index (κ1) is 27.0. The minimum absolute atomic E-state index is 0.0180. The second-order valence-electron chi connectivity index (χ2n) is 9.83. The molecule has 0 bridgehead atoms. The van der Waals surface area contributed by atoms with Crippen LogP contribution in [0.3, 0.4) is 0 Å². The number of benzene rings is 1. The van der Waals surface area contributed by atoms with E-state index < -0.39 is 23.6 Å². The Kier molecular flexibility index (Phi) is 9.44. The van der Waals surface area contributed by atoms with E-state index in [1.165, 1.54) is 4.90 Å². The number of carboxylic acid groups (broad SMARTS) is 1. The topological polar surface area (TPSA) is 94.8 Å². The molecule has 1 saturated carbocycles. The highest BCUT2D eigenvalue weighted by molar-refractivity contribution is 8.00. The van der Waals surface area contributed by atoms with E-state index >= 15 is 0 Å². The van der Waals surface area contributed by atoms with Crippen molar-refractivity contribution < 1.29 is 24.9 Å². The van der Waals surface area contributed by atoms with Gasteiger partial charge in [0.2, 0.25) is 0 Å². The van der Waals surface area contributed by atoms with Crippen LogP contribution < -0.4 is 0 Å². The molecule has 2 unspecified atom stereocenters. The maximum atomic E-state index is 13.0. The molecule has 5 nitrogen and oxygen atoms in total. The lowest BCUT2D eigenvalue weighted by molar-refractivity contribution is -0.137. The molecule has 7 heteroatoms. The molecule has 0 radical (unpaired) electrons. The normalized spacial score (nSPS) is 29.2.